The number of hydrogen-bond acceptors (Lipinski definition) is 6. The van der Waals surface area contributed by atoms with Crippen molar-refractivity contribution in [2.24, 2.45) is 0 Å². The molecule has 0 aromatic carbocycles. The van der Waals surface area contributed by atoms with Crippen LogP contribution in [-0.4, -0.2) is 24.5 Å². The predicted molar refractivity (Wildman–Crippen MR) is 45.2 cm³/mol. The van der Waals surface area contributed by atoms with Crippen LogP contribution in [0.5, 0.6) is 0 Å². The number of nitrogens with zero attached hydrogens (tertiary/aromatic N) is 4. The van der Waals surface area contributed by atoms with Crippen molar-refractivity contribution in [3.8, 4) is 0 Å². The van der Waals surface area contributed by atoms with E-state index in [2.05, 4.69) is 19.6 Å². The van der Waals surface area contributed by atoms with Gasteiger partial charge in [-0.15, -0.1) is 5.10 Å². The van der Waals surface area contributed by atoms with Gasteiger partial charge in [-0.2, -0.15) is 0 Å². The van der Waals surface area contributed by atoms with Crippen LogP contribution in [-0.2, 0) is 0 Å². The van der Waals surface area contributed by atoms with Crippen LogP contribution in [0.1, 0.15) is 0 Å². The number of rotatable bonds is 1. The van der Waals surface area contributed by atoms with Gasteiger partial charge in [0.2, 0.25) is 0 Å². The summed E-state index contributed by atoms with van der Waals surface area (Å²) in [7, 11) is 0. The molecule has 2 heterocycles. The molecular weight excluding hydrogens is 194 g/mol. The van der Waals surface area contributed by atoms with E-state index >= 15 is 0 Å². The molecule has 0 amide bonds. The normalized spacial score (nSPS) is 8.62. The molecule has 2 aromatic rings. The minimum absolute atomic E-state index is 0.218. The summed E-state index contributed by atoms with van der Waals surface area (Å²) in [5.74, 6) is -0.218. The lowest BCUT2D eigenvalue weighted by Crippen LogP contribution is -1.88. The first kappa shape index (κ1) is 9.26. The Bertz CT molecular complexity index is 314. The lowest BCUT2D eigenvalue weighted by Gasteiger charge is -1.83. The maximum Gasteiger partial charge on any atom is 0.432 e. The van der Waals surface area contributed by atoms with Crippen molar-refractivity contribution in [3.63, 3.8) is 0 Å². The molecule has 1 N–H and O–H groups in total. The van der Waals surface area contributed by atoms with Crippen LogP contribution in [0.2, 0.25) is 0 Å². The van der Waals surface area contributed by atoms with Gasteiger partial charge < -0.3 is 10.1 Å². The summed E-state index contributed by atoms with van der Waals surface area (Å²) in [6.07, 6.45) is 4.39. The summed E-state index contributed by atoms with van der Waals surface area (Å²) >= 11 is 1.35. The maximum atomic E-state index is 9.77. The SMILES string of the molecule is O=[N+]([O-])c1ncc[nH]1.c1csnn1. The highest BCUT2D eigenvalue weighted by Crippen LogP contribution is 1.96. The second-order valence-corrected chi connectivity index (χ2v) is 2.40. The number of nitrogens with one attached hydrogen (secondary N) is 1. The van der Waals surface area contributed by atoms with Crippen molar-refractivity contribution in [1.29, 1.82) is 0 Å². The largest absolute Gasteiger partial charge is 0.432 e. The van der Waals surface area contributed by atoms with Crippen LogP contribution < -0.4 is 0 Å². The van der Waals surface area contributed by atoms with Crippen molar-refractivity contribution in [3.05, 3.63) is 34.1 Å². The summed E-state index contributed by atoms with van der Waals surface area (Å²) in [5, 5.41) is 15.1. The molecule has 0 aliphatic rings. The number of aromatic nitrogens is 4. The Morgan fingerprint density at radius 3 is 2.62 bits per heavy atom. The van der Waals surface area contributed by atoms with Gasteiger partial charge in [-0.1, -0.05) is 9.47 Å². The third-order valence-electron chi connectivity index (χ3n) is 0.939. The fraction of sp³-hybridized carbons (Fsp3) is 0. The van der Waals surface area contributed by atoms with E-state index in [1.165, 1.54) is 23.9 Å². The van der Waals surface area contributed by atoms with E-state index in [1.807, 2.05) is 5.38 Å². The van der Waals surface area contributed by atoms with E-state index < -0.39 is 4.92 Å². The predicted octanol–water partition coefficient (Wildman–Crippen LogP) is 0.856. The molecule has 0 fully saturated rings. The zero-order valence-corrected chi connectivity index (χ0v) is 7.14. The summed E-state index contributed by atoms with van der Waals surface area (Å²) in [5.41, 5.74) is 0. The van der Waals surface area contributed by atoms with E-state index in [-0.39, 0.29) is 5.95 Å². The van der Waals surface area contributed by atoms with Crippen LogP contribution in [0.4, 0.5) is 5.95 Å². The molecule has 68 valence electrons. The van der Waals surface area contributed by atoms with Gasteiger partial charge in [0, 0.05) is 5.38 Å². The van der Waals surface area contributed by atoms with Gasteiger partial charge in [0.1, 0.15) is 6.20 Å². The summed E-state index contributed by atoms with van der Waals surface area (Å²) in [6.45, 7) is 0. The molecule has 0 saturated carbocycles. The fourth-order valence-corrected chi connectivity index (χ4v) is 0.765. The van der Waals surface area contributed by atoms with E-state index in [0.717, 1.165) is 0 Å². The first-order valence-corrected chi connectivity index (χ1v) is 3.99. The monoisotopic (exact) mass is 199 g/mol. The highest BCUT2D eigenvalue weighted by atomic mass is 32.1. The molecule has 7 nitrogen and oxygen atoms in total. The van der Waals surface area contributed by atoms with Gasteiger partial charge >= 0.3 is 5.95 Å². The minimum atomic E-state index is -0.583. The van der Waals surface area contributed by atoms with Crippen molar-refractivity contribution in [1.82, 2.24) is 19.6 Å². The topological polar surface area (TPSA) is 97.6 Å². The quantitative estimate of drug-likeness (QED) is 0.542. The van der Waals surface area contributed by atoms with Crippen LogP contribution in [0.3, 0.4) is 0 Å². The Balaban J connectivity index is 0.000000145. The number of H-pyrrole nitrogens is 1. The number of aromatic amines is 1. The number of imidazole rings is 1. The smallest absolute Gasteiger partial charge is 0.390 e. The molecule has 2 rings (SSSR count). The molecule has 0 radical (unpaired) electrons. The van der Waals surface area contributed by atoms with Crippen LogP contribution >= 0.6 is 11.5 Å². The van der Waals surface area contributed by atoms with Gasteiger partial charge in [0.05, 0.1) is 12.4 Å². The Labute approximate surface area is 76.8 Å². The third kappa shape index (κ3) is 3.38. The number of nitro groups is 1. The molecule has 0 aliphatic carbocycles. The molecule has 0 aliphatic heterocycles. The Kier molecular flexibility index (Phi) is 3.51. The second-order valence-electron chi connectivity index (χ2n) is 1.76. The third-order valence-corrected chi connectivity index (χ3v) is 1.37. The van der Waals surface area contributed by atoms with Gasteiger partial charge in [0.25, 0.3) is 0 Å². The Morgan fingerprint density at radius 2 is 2.38 bits per heavy atom. The molecule has 0 atom stereocenters. The van der Waals surface area contributed by atoms with E-state index in [9.17, 15) is 10.1 Å². The molecule has 0 unspecified atom stereocenters. The zero-order chi connectivity index (χ0) is 9.52. The highest BCUT2D eigenvalue weighted by molar-refractivity contribution is 7.03. The standard InChI is InChI=1S/C3H3N3O2.C2H2N2S/c7-6(8)3-4-1-2-5-3;1-2-5-4-3-1/h1-2H,(H,4,5);1-2H. The Morgan fingerprint density at radius 1 is 1.54 bits per heavy atom. The minimum Gasteiger partial charge on any atom is -0.390 e. The summed E-state index contributed by atoms with van der Waals surface area (Å²) in [6, 6.07) is 0. The van der Waals surface area contributed by atoms with Gasteiger partial charge in [-0.25, -0.2) is 4.98 Å². The molecule has 8 heteroatoms. The molecule has 0 saturated heterocycles. The van der Waals surface area contributed by atoms with Crippen LogP contribution in [0.25, 0.3) is 0 Å². The van der Waals surface area contributed by atoms with Crippen LogP contribution in [0, 0.1) is 10.1 Å². The molecule has 13 heavy (non-hydrogen) atoms. The van der Waals surface area contributed by atoms with Crippen LogP contribution in [0.15, 0.2) is 24.0 Å². The van der Waals surface area contributed by atoms with Gasteiger partial charge in [0.15, 0.2) is 0 Å². The molecule has 0 bridgehead atoms. The second kappa shape index (κ2) is 4.93. The average molecular weight is 199 g/mol. The Hall–Kier alpha value is -1.83. The van der Waals surface area contributed by atoms with Crippen molar-refractivity contribution in [2.75, 3.05) is 0 Å². The van der Waals surface area contributed by atoms with E-state index in [4.69, 9.17) is 0 Å². The molecular formula is C5H5N5O2S. The zero-order valence-electron chi connectivity index (χ0n) is 6.32. The van der Waals surface area contributed by atoms with E-state index in [1.54, 1.807) is 6.20 Å². The van der Waals surface area contributed by atoms with Crippen molar-refractivity contribution < 1.29 is 4.92 Å². The first-order chi connectivity index (χ1) is 6.30. The first-order valence-electron chi connectivity index (χ1n) is 3.15. The average Bonchev–Trinajstić information content (AvgIpc) is 2.82. The molecule has 0 spiro atoms. The summed E-state index contributed by atoms with van der Waals surface area (Å²) < 4.78 is 3.51. The fourth-order valence-electron chi connectivity index (χ4n) is 0.493. The van der Waals surface area contributed by atoms with Crippen molar-refractivity contribution >= 4 is 17.5 Å². The van der Waals surface area contributed by atoms with Gasteiger partial charge in [-0.3, -0.25) is 0 Å². The van der Waals surface area contributed by atoms with Gasteiger partial charge in [-0.05, 0) is 16.5 Å². The lowest BCUT2D eigenvalue weighted by molar-refractivity contribution is -0.393. The maximum absolute atomic E-state index is 9.77. The van der Waals surface area contributed by atoms with E-state index in [0.29, 0.717) is 0 Å². The van der Waals surface area contributed by atoms with Crippen molar-refractivity contribution in [2.45, 2.75) is 0 Å². The summed E-state index contributed by atoms with van der Waals surface area (Å²) in [4.78, 5) is 14.9. The molecule has 2 aromatic heterocycles. The number of hydrogen-bond donors (Lipinski definition) is 1. The lowest BCUT2D eigenvalue weighted by atomic mass is 11.0. The highest BCUT2D eigenvalue weighted by Gasteiger charge is 2.01.